The van der Waals surface area contributed by atoms with Gasteiger partial charge < -0.3 is 5.73 Å². The second-order valence-electron chi connectivity index (χ2n) is 6.66. The van der Waals surface area contributed by atoms with E-state index in [1.54, 1.807) is 0 Å². The van der Waals surface area contributed by atoms with E-state index in [0.717, 1.165) is 37.0 Å². The third kappa shape index (κ3) is 2.29. The minimum absolute atomic E-state index is 0.162. The van der Waals surface area contributed by atoms with E-state index in [-0.39, 0.29) is 12.0 Å². The largest absolute Gasteiger partial charge is 0.327 e. The Labute approximate surface area is 104 Å². The lowest BCUT2D eigenvalue weighted by molar-refractivity contribution is -0.125. The fraction of sp³-hybridized carbons (Fsp3) is 0.933. The average molecular weight is 235 g/mol. The molecule has 0 spiro atoms. The molecule has 0 aromatic heterocycles. The molecule has 2 heteroatoms. The maximum absolute atomic E-state index is 12.4. The van der Waals surface area contributed by atoms with Crippen LogP contribution in [0.25, 0.3) is 0 Å². The molecule has 0 heterocycles. The number of fused-ring (bicyclic) bond motifs is 2. The number of rotatable bonds is 3. The molecule has 17 heavy (non-hydrogen) atoms. The van der Waals surface area contributed by atoms with Crippen molar-refractivity contribution in [1.29, 1.82) is 0 Å². The number of hydrogen-bond donors (Lipinski definition) is 1. The van der Waals surface area contributed by atoms with Crippen LogP contribution < -0.4 is 5.73 Å². The SMILES string of the molecule is NC1CCCCC1C(=O)CC1CC2CCC1C2. The van der Waals surface area contributed by atoms with E-state index in [9.17, 15) is 4.79 Å². The number of ketones is 1. The van der Waals surface area contributed by atoms with Crippen LogP contribution in [0.2, 0.25) is 0 Å². The van der Waals surface area contributed by atoms with E-state index in [2.05, 4.69) is 0 Å². The van der Waals surface area contributed by atoms with Gasteiger partial charge >= 0.3 is 0 Å². The van der Waals surface area contributed by atoms with Gasteiger partial charge in [-0.1, -0.05) is 19.3 Å². The molecule has 2 bridgehead atoms. The van der Waals surface area contributed by atoms with Gasteiger partial charge in [-0.3, -0.25) is 4.79 Å². The first-order chi connectivity index (χ1) is 8.24. The van der Waals surface area contributed by atoms with Crippen LogP contribution in [0.5, 0.6) is 0 Å². The lowest BCUT2D eigenvalue weighted by atomic mass is 9.77. The predicted octanol–water partition coefficient (Wildman–Crippen LogP) is 2.90. The Morgan fingerprint density at radius 2 is 1.88 bits per heavy atom. The molecule has 2 nitrogen and oxygen atoms in total. The Morgan fingerprint density at radius 1 is 1.06 bits per heavy atom. The molecule has 0 aromatic carbocycles. The van der Waals surface area contributed by atoms with Gasteiger partial charge in [-0.2, -0.15) is 0 Å². The van der Waals surface area contributed by atoms with Gasteiger partial charge in [0.15, 0.2) is 0 Å². The van der Waals surface area contributed by atoms with Crippen LogP contribution in [0.4, 0.5) is 0 Å². The topological polar surface area (TPSA) is 43.1 Å². The van der Waals surface area contributed by atoms with E-state index in [1.807, 2.05) is 0 Å². The molecule has 0 amide bonds. The molecule has 3 aliphatic rings. The summed E-state index contributed by atoms with van der Waals surface area (Å²) in [5, 5.41) is 0. The normalized spacial score (nSPS) is 45.1. The molecule has 3 rings (SSSR count). The minimum atomic E-state index is 0.162. The summed E-state index contributed by atoms with van der Waals surface area (Å²) in [4.78, 5) is 12.4. The predicted molar refractivity (Wildman–Crippen MR) is 68.5 cm³/mol. The highest BCUT2D eigenvalue weighted by atomic mass is 16.1. The van der Waals surface area contributed by atoms with Gasteiger partial charge in [-0.25, -0.2) is 0 Å². The standard InChI is InChI=1S/C15H25NO/c16-14-4-2-1-3-13(14)15(17)9-12-8-10-5-6-11(12)7-10/h10-14H,1-9,16H2. The molecule has 5 unspecified atom stereocenters. The molecule has 3 fully saturated rings. The van der Waals surface area contributed by atoms with Crippen molar-refractivity contribution < 1.29 is 4.79 Å². The Balaban J connectivity index is 1.56. The number of carbonyl (C=O) groups excluding carboxylic acids is 1. The lowest BCUT2D eigenvalue weighted by Gasteiger charge is -2.29. The van der Waals surface area contributed by atoms with Crippen LogP contribution >= 0.6 is 0 Å². The van der Waals surface area contributed by atoms with E-state index in [4.69, 9.17) is 5.73 Å². The van der Waals surface area contributed by atoms with Gasteiger partial charge in [0.05, 0.1) is 0 Å². The van der Waals surface area contributed by atoms with Crippen molar-refractivity contribution in [3.8, 4) is 0 Å². The zero-order chi connectivity index (χ0) is 11.8. The first kappa shape index (κ1) is 11.7. The molecule has 5 atom stereocenters. The molecular formula is C15H25NO. The zero-order valence-corrected chi connectivity index (χ0v) is 10.7. The van der Waals surface area contributed by atoms with Crippen LogP contribution in [0.15, 0.2) is 0 Å². The molecule has 2 N–H and O–H groups in total. The molecule has 3 saturated carbocycles. The van der Waals surface area contributed by atoms with Crippen molar-refractivity contribution in [2.24, 2.45) is 29.4 Å². The van der Waals surface area contributed by atoms with Gasteiger partial charge in [-0.15, -0.1) is 0 Å². The summed E-state index contributed by atoms with van der Waals surface area (Å²) in [6.45, 7) is 0. The quantitative estimate of drug-likeness (QED) is 0.817. The van der Waals surface area contributed by atoms with Gasteiger partial charge in [-0.05, 0) is 49.9 Å². The second kappa shape index (κ2) is 4.72. The minimum Gasteiger partial charge on any atom is -0.327 e. The van der Waals surface area contributed by atoms with Crippen molar-refractivity contribution in [2.75, 3.05) is 0 Å². The van der Waals surface area contributed by atoms with E-state index in [1.165, 1.54) is 38.5 Å². The highest BCUT2D eigenvalue weighted by molar-refractivity contribution is 5.82. The first-order valence-corrected chi connectivity index (χ1v) is 7.52. The maximum Gasteiger partial charge on any atom is 0.137 e. The molecular weight excluding hydrogens is 210 g/mol. The van der Waals surface area contributed by atoms with Crippen LogP contribution in [0, 0.1) is 23.7 Å². The molecule has 3 aliphatic carbocycles. The summed E-state index contributed by atoms with van der Waals surface area (Å²) in [5.74, 6) is 3.24. The molecule has 96 valence electrons. The van der Waals surface area contributed by atoms with Crippen molar-refractivity contribution in [1.82, 2.24) is 0 Å². The molecule has 0 aromatic rings. The van der Waals surface area contributed by atoms with Crippen molar-refractivity contribution in [3.63, 3.8) is 0 Å². The Hall–Kier alpha value is -0.370. The Morgan fingerprint density at radius 3 is 2.53 bits per heavy atom. The number of hydrogen-bond acceptors (Lipinski definition) is 2. The highest BCUT2D eigenvalue weighted by Gasteiger charge is 2.41. The summed E-state index contributed by atoms with van der Waals surface area (Å²) < 4.78 is 0. The van der Waals surface area contributed by atoms with Gasteiger partial charge in [0, 0.05) is 18.4 Å². The number of carbonyl (C=O) groups is 1. The maximum atomic E-state index is 12.4. The van der Waals surface area contributed by atoms with Crippen LogP contribution in [-0.2, 0) is 4.79 Å². The number of Topliss-reactive ketones (excluding diaryl/α,β-unsaturated/α-hetero) is 1. The van der Waals surface area contributed by atoms with Gasteiger partial charge in [0.25, 0.3) is 0 Å². The third-order valence-electron chi connectivity index (χ3n) is 5.58. The molecule has 0 aliphatic heterocycles. The summed E-state index contributed by atoms with van der Waals surface area (Å²) in [6, 6.07) is 0.162. The summed E-state index contributed by atoms with van der Waals surface area (Å²) in [7, 11) is 0. The van der Waals surface area contributed by atoms with Crippen molar-refractivity contribution >= 4 is 5.78 Å². The summed E-state index contributed by atoms with van der Waals surface area (Å²) >= 11 is 0. The van der Waals surface area contributed by atoms with Crippen LogP contribution in [0.1, 0.15) is 57.8 Å². The van der Waals surface area contributed by atoms with Crippen molar-refractivity contribution in [3.05, 3.63) is 0 Å². The monoisotopic (exact) mass is 235 g/mol. The molecule has 0 saturated heterocycles. The average Bonchev–Trinajstić information content (AvgIpc) is 2.91. The van der Waals surface area contributed by atoms with Crippen LogP contribution in [-0.4, -0.2) is 11.8 Å². The second-order valence-corrected chi connectivity index (χ2v) is 6.66. The van der Waals surface area contributed by atoms with Crippen LogP contribution in [0.3, 0.4) is 0 Å². The Bertz CT molecular complexity index is 301. The smallest absolute Gasteiger partial charge is 0.137 e. The molecule has 0 radical (unpaired) electrons. The summed E-state index contributed by atoms with van der Waals surface area (Å²) in [5.41, 5.74) is 6.11. The van der Waals surface area contributed by atoms with Gasteiger partial charge in [0.1, 0.15) is 5.78 Å². The van der Waals surface area contributed by atoms with Gasteiger partial charge in [0.2, 0.25) is 0 Å². The van der Waals surface area contributed by atoms with E-state index < -0.39 is 0 Å². The van der Waals surface area contributed by atoms with E-state index in [0.29, 0.717) is 5.78 Å². The third-order valence-corrected chi connectivity index (χ3v) is 5.58. The lowest BCUT2D eigenvalue weighted by Crippen LogP contribution is -2.38. The van der Waals surface area contributed by atoms with E-state index >= 15 is 0 Å². The van der Waals surface area contributed by atoms with Crippen molar-refractivity contribution in [2.45, 2.75) is 63.8 Å². The fourth-order valence-corrected chi connectivity index (χ4v) is 4.60. The highest BCUT2D eigenvalue weighted by Crippen LogP contribution is 2.50. The fourth-order valence-electron chi connectivity index (χ4n) is 4.60. The first-order valence-electron chi connectivity index (χ1n) is 7.52. The summed E-state index contributed by atoms with van der Waals surface area (Å²) in [6.07, 6.45) is 11.0. The Kier molecular flexibility index (Phi) is 3.25. The zero-order valence-electron chi connectivity index (χ0n) is 10.7. The number of nitrogens with two attached hydrogens (primary N) is 1.